The van der Waals surface area contributed by atoms with E-state index in [-0.39, 0.29) is 11.9 Å². The Bertz CT molecular complexity index is 634. The molecule has 0 radical (unpaired) electrons. The van der Waals surface area contributed by atoms with Gasteiger partial charge in [-0.3, -0.25) is 9.48 Å². The predicted octanol–water partition coefficient (Wildman–Crippen LogP) is 1.56. The van der Waals surface area contributed by atoms with Gasteiger partial charge in [0.1, 0.15) is 0 Å². The van der Waals surface area contributed by atoms with Crippen molar-refractivity contribution < 1.29 is 4.79 Å². The first kappa shape index (κ1) is 12.7. The Hall–Kier alpha value is -2.30. The normalized spacial score (nSPS) is 18.4. The average molecular weight is 270 g/mol. The number of anilines is 1. The van der Waals surface area contributed by atoms with Gasteiger partial charge in [-0.05, 0) is 25.1 Å². The molecule has 1 atom stereocenters. The minimum Gasteiger partial charge on any atom is -0.363 e. The van der Waals surface area contributed by atoms with Gasteiger partial charge in [0.2, 0.25) is 0 Å². The SMILES string of the molecule is CC1CN(Cc2ccnn2C)c2ccccc2C(=O)N1. The summed E-state index contributed by atoms with van der Waals surface area (Å²) in [4.78, 5) is 14.4. The quantitative estimate of drug-likeness (QED) is 0.901. The van der Waals surface area contributed by atoms with Crippen LogP contribution in [-0.2, 0) is 13.6 Å². The van der Waals surface area contributed by atoms with Crippen molar-refractivity contribution in [2.75, 3.05) is 11.4 Å². The van der Waals surface area contributed by atoms with E-state index in [2.05, 4.69) is 15.3 Å². The van der Waals surface area contributed by atoms with Crippen LogP contribution in [0.15, 0.2) is 36.5 Å². The molecule has 2 aromatic rings. The van der Waals surface area contributed by atoms with Crippen LogP contribution < -0.4 is 10.2 Å². The number of carbonyl (C=O) groups is 1. The van der Waals surface area contributed by atoms with Crippen molar-refractivity contribution in [3.05, 3.63) is 47.8 Å². The summed E-state index contributed by atoms with van der Waals surface area (Å²) in [6.45, 7) is 3.56. The molecule has 1 aromatic carbocycles. The molecule has 1 unspecified atom stereocenters. The number of carbonyl (C=O) groups excluding carboxylic acids is 1. The lowest BCUT2D eigenvalue weighted by atomic mass is 10.1. The maximum Gasteiger partial charge on any atom is 0.253 e. The van der Waals surface area contributed by atoms with Crippen LogP contribution in [0.1, 0.15) is 23.0 Å². The first-order valence-electron chi connectivity index (χ1n) is 6.77. The standard InChI is InChI=1S/C15H18N4O/c1-11-9-19(10-12-7-8-16-18(12)2)14-6-4-3-5-13(14)15(20)17-11/h3-8,11H,9-10H2,1-2H3,(H,17,20). The largest absolute Gasteiger partial charge is 0.363 e. The molecule has 1 amide bonds. The molecule has 1 aliphatic rings. The number of benzene rings is 1. The van der Waals surface area contributed by atoms with Crippen molar-refractivity contribution in [2.45, 2.75) is 19.5 Å². The maximum atomic E-state index is 12.2. The Morgan fingerprint density at radius 3 is 2.90 bits per heavy atom. The van der Waals surface area contributed by atoms with E-state index in [4.69, 9.17) is 0 Å². The molecule has 5 nitrogen and oxygen atoms in total. The number of hydrogen-bond donors (Lipinski definition) is 1. The van der Waals surface area contributed by atoms with E-state index in [0.717, 1.165) is 30.0 Å². The fourth-order valence-electron chi connectivity index (χ4n) is 2.62. The molecular weight excluding hydrogens is 252 g/mol. The lowest BCUT2D eigenvalue weighted by Gasteiger charge is -2.25. The summed E-state index contributed by atoms with van der Waals surface area (Å²) < 4.78 is 1.87. The Morgan fingerprint density at radius 2 is 2.15 bits per heavy atom. The van der Waals surface area contributed by atoms with Gasteiger partial charge in [0.05, 0.1) is 17.8 Å². The van der Waals surface area contributed by atoms with Crippen molar-refractivity contribution in [1.29, 1.82) is 0 Å². The number of hydrogen-bond acceptors (Lipinski definition) is 3. The number of nitrogens with one attached hydrogen (secondary N) is 1. The smallest absolute Gasteiger partial charge is 0.253 e. The highest BCUT2D eigenvalue weighted by atomic mass is 16.1. The molecule has 1 aliphatic heterocycles. The molecule has 3 rings (SSSR count). The highest BCUT2D eigenvalue weighted by Gasteiger charge is 2.24. The second-order valence-corrected chi connectivity index (χ2v) is 5.22. The lowest BCUT2D eigenvalue weighted by molar-refractivity contribution is 0.0945. The van der Waals surface area contributed by atoms with Gasteiger partial charge in [0.25, 0.3) is 5.91 Å². The van der Waals surface area contributed by atoms with Crippen molar-refractivity contribution >= 4 is 11.6 Å². The third-order valence-corrected chi connectivity index (χ3v) is 3.64. The molecule has 104 valence electrons. The topological polar surface area (TPSA) is 50.2 Å². The van der Waals surface area contributed by atoms with Crippen molar-refractivity contribution in [3.63, 3.8) is 0 Å². The summed E-state index contributed by atoms with van der Waals surface area (Å²) in [6.07, 6.45) is 1.80. The van der Waals surface area contributed by atoms with Gasteiger partial charge < -0.3 is 10.2 Å². The number of amides is 1. The average Bonchev–Trinajstić information content (AvgIpc) is 2.78. The summed E-state index contributed by atoms with van der Waals surface area (Å²) in [6, 6.07) is 9.87. The highest BCUT2D eigenvalue weighted by molar-refractivity contribution is 6.00. The molecule has 2 heterocycles. The summed E-state index contributed by atoms with van der Waals surface area (Å²) in [5, 5.41) is 7.22. The summed E-state index contributed by atoms with van der Waals surface area (Å²) in [5.41, 5.74) is 2.84. The third kappa shape index (κ3) is 2.27. The van der Waals surface area contributed by atoms with Crippen LogP contribution in [0.2, 0.25) is 0 Å². The van der Waals surface area contributed by atoms with Crippen LogP contribution >= 0.6 is 0 Å². The number of aromatic nitrogens is 2. The minimum absolute atomic E-state index is 0.000561. The second-order valence-electron chi connectivity index (χ2n) is 5.22. The van der Waals surface area contributed by atoms with Gasteiger partial charge in [-0.1, -0.05) is 12.1 Å². The Balaban J connectivity index is 1.98. The van der Waals surface area contributed by atoms with Crippen LogP contribution in [0.4, 0.5) is 5.69 Å². The summed E-state index contributed by atoms with van der Waals surface area (Å²) >= 11 is 0. The van der Waals surface area contributed by atoms with E-state index in [1.165, 1.54) is 0 Å². The van der Waals surface area contributed by atoms with Gasteiger partial charge in [-0.15, -0.1) is 0 Å². The van der Waals surface area contributed by atoms with Gasteiger partial charge in [0, 0.05) is 31.5 Å². The number of para-hydroxylation sites is 1. The van der Waals surface area contributed by atoms with Crippen molar-refractivity contribution in [1.82, 2.24) is 15.1 Å². The zero-order valence-corrected chi connectivity index (χ0v) is 11.7. The van der Waals surface area contributed by atoms with Gasteiger partial charge in [0.15, 0.2) is 0 Å². The Kier molecular flexibility index (Phi) is 3.18. The molecule has 20 heavy (non-hydrogen) atoms. The highest BCUT2D eigenvalue weighted by Crippen LogP contribution is 2.24. The predicted molar refractivity (Wildman–Crippen MR) is 77.6 cm³/mol. The van der Waals surface area contributed by atoms with Crippen LogP contribution in [0.3, 0.4) is 0 Å². The lowest BCUT2D eigenvalue weighted by Crippen LogP contribution is -2.38. The van der Waals surface area contributed by atoms with E-state index in [1.54, 1.807) is 6.20 Å². The van der Waals surface area contributed by atoms with Crippen molar-refractivity contribution in [2.24, 2.45) is 7.05 Å². The van der Waals surface area contributed by atoms with Gasteiger partial charge in [-0.2, -0.15) is 5.10 Å². The molecule has 5 heteroatoms. The van der Waals surface area contributed by atoms with E-state index in [0.29, 0.717) is 0 Å². The monoisotopic (exact) mass is 270 g/mol. The Labute approximate surface area is 118 Å². The maximum absolute atomic E-state index is 12.2. The van der Waals surface area contributed by atoms with Crippen molar-refractivity contribution in [3.8, 4) is 0 Å². The Morgan fingerprint density at radius 1 is 1.35 bits per heavy atom. The van der Waals surface area contributed by atoms with E-state index >= 15 is 0 Å². The second kappa shape index (κ2) is 5.00. The fraction of sp³-hybridized carbons (Fsp3) is 0.333. The first-order chi connectivity index (χ1) is 9.65. The zero-order chi connectivity index (χ0) is 14.1. The van der Waals surface area contributed by atoms with Gasteiger partial charge in [-0.25, -0.2) is 0 Å². The molecule has 0 fully saturated rings. The third-order valence-electron chi connectivity index (χ3n) is 3.64. The summed E-state index contributed by atoms with van der Waals surface area (Å²) in [5.74, 6) is 0.000561. The number of rotatable bonds is 2. The zero-order valence-electron chi connectivity index (χ0n) is 11.7. The van der Waals surface area contributed by atoms with Gasteiger partial charge >= 0.3 is 0 Å². The molecule has 0 bridgehead atoms. The molecule has 0 saturated carbocycles. The molecular formula is C15H18N4O. The van der Waals surface area contributed by atoms with Crippen LogP contribution in [-0.4, -0.2) is 28.3 Å². The molecule has 1 N–H and O–H groups in total. The van der Waals surface area contributed by atoms with Crippen LogP contribution in [0.5, 0.6) is 0 Å². The van der Waals surface area contributed by atoms with E-state index in [1.807, 2.05) is 49.0 Å². The van der Waals surface area contributed by atoms with E-state index in [9.17, 15) is 4.79 Å². The van der Waals surface area contributed by atoms with E-state index < -0.39 is 0 Å². The van der Waals surface area contributed by atoms with Crippen LogP contribution in [0.25, 0.3) is 0 Å². The van der Waals surface area contributed by atoms with Crippen LogP contribution in [0, 0.1) is 0 Å². The molecule has 0 spiro atoms. The fourth-order valence-corrected chi connectivity index (χ4v) is 2.62. The number of fused-ring (bicyclic) bond motifs is 1. The molecule has 0 aliphatic carbocycles. The molecule has 1 aromatic heterocycles. The first-order valence-corrected chi connectivity index (χ1v) is 6.77. The molecule has 0 saturated heterocycles. The summed E-state index contributed by atoms with van der Waals surface area (Å²) in [7, 11) is 1.94. The number of aryl methyl sites for hydroxylation is 1. The number of nitrogens with zero attached hydrogens (tertiary/aromatic N) is 3. The minimum atomic E-state index is 0.000561.